The molecular formula is C22H23N5O3. The summed E-state index contributed by atoms with van der Waals surface area (Å²) < 4.78 is 5.08. The Hall–Kier alpha value is -3.23. The summed E-state index contributed by atoms with van der Waals surface area (Å²) in [6, 6.07) is 15.5. The molecule has 5 rings (SSSR count). The van der Waals surface area contributed by atoms with E-state index in [1.54, 1.807) is 9.80 Å². The summed E-state index contributed by atoms with van der Waals surface area (Å²) in [6.45, 7) is 2.49. The second-order valence-corrected chi connectivity index (χ2v) is 7.93. The van der Waals surface area contributed by atoms with E-state index >= 15 is 0 Å². The summed E-state index contributed by atoms with van der Waals surface area (Å²) in [7, 11) is 0. The van der Waals surface area contributed by atoms with Crippen LogP contribution >= 0.6 is 0 Å². The molecule has 2 aromatic carbocycles. The van der Waals surface area contributed by atoms with Gasteiger partial charge in [-0.05, 0) is 18.2 Å². The van der Waals surface area contributed by atoms with E-state index in [0.29, 0.717) is 31.7 Å². The lowest BCUT2D eigenvalue weighted by atomic mass is 9.96. The average molecular weight is 405 g/mol. The first-order valence-corrected chi connectivity index (χ1v) is 10.0. The number of benzene rings is 2. The average Bonchev–Trinajstić information content (AvgIpc) is 3.21. The molecule has 0 unspecified atom stereocenters. The fraction of sp³-hybridized carbons (Fsp3) is 0.318. The lowest BCUT2D eigenvalue weighted by Crippen LogP contribution is -2.68. The number of fused-ring (bicyclic) bond motifs is 1. The fourth-order valence-corrected chi connectivity index (χ4v) is 4.01. The van der Waals surface area contributed by atoms with E-state index in [0.717, 1.165) is 22.2 Å². The number of rotatable bonds is 3. The maximum atomic E-state index is 12.9. The van der Waals surface area contributed by atoms with Gasteiger partial charge in [0.25, 0.3) is 5.91 Å². The molecule has 2 fully saturated rings. The Morgan fingerprint density at radius 3 is 2.30 bits per heavy atom. The number of aromatic nitrogens is 2. The normalized spacial score (nSPS) is 18.3. The molecule has 0 radical (unpaired) electrons. The van der Waals surface area contributed by atoms with Crippen molar-refractivity contribution >= 4 is 22.7 Å². The Bertz CT molecular complexity index is 1100. The van der Waals surface area contributed by atoms with Crippen LogP contribution in [0.2, 0.25) is 0 Å². The molecule has 3 heterocycles. The minimum atomic E-state index is -0.890. The summed E-state index contributed by atoms with van der Waals surface area (Å²) in [6.07, 6.45) is 0. The third kappa shape index (κ3) is 3.14. The van der Waals surface area contributed by atoms with Crippen molar-refractivity contribution in [1.82, 2.24) is 20.0 Å². The van der Waals surface area contributed by atoms with Crippen molar-refractivity contribution in [3.63, 3.8) is 0 Å². The molecule has 8 heteroatoms. The zero-order valence-corrected chi connectivity index (χ0v) is 16.5. The SMILES string of the molecule is NC1(C(=O)N2CCN(C(=O)c3ccc(-c4n[nH]c5ccccc45)cc3)CC2)COC1. The van der Waals surface area contributed by atoms with Crippen LogP contribution in [0.5, 0.6) is 0 Å². The second-order valence-electron chi connectivity index (χ2n) is 7.93. The largest absolute Gasteiger partial charge is 0.376 e. The first kappa shape index (κ1) is 18.8. The van der Waals surface area contributed by atoms with Gasteiger partial charge in [-0.25, -0.2) is 0 Å². The Morgan fingerprint density at radius 2 is 1.63 bits per heavy atom. The Kier molecular flexibility index (Phi) is 4.52. The highest BCUT2D eigenvalue weighted by molar-refractivity contribution is 5.96. The molecule has 154 valence electrons. The van der Waals surface area contributed by atoms with Crippen LogP contribution in [0.15, 0.2) is 48.5 Å². The van der Waals surface area contributed by atoms with Crippen molar-refractivity contribution in [3.8, 4) is 11.3 Å². The summed E-state index contributed by atoms with van der Waals surface area (Å²) in [5.74, 6) is -0.119. The molecule has 0 saturated carbocycles. The molecule has 2 amide bonds. The van der Waals surface area contributed by atoms with Gasteiger partial charge in [-0.15, -0.1) is 0 Å². The predicted octanol–water partition coefficient (Wildman–Crippen LogP) is 1.24. The van der Waals surface area contributed by atoms with Gasteiger partial charge in [0.2, 0.25) is 5.91 Å². The molecule has 8 nitrogen and oxygen atoms in total. The quantitative estimate of drug-likeness (QED) is 0.682. The number of carbonyl (C=O) groups is 2. The minimum Gasteiger partial charge on any atom is -0.376 e. The van der Waals surface area contributed by atoms with Crippen LogP contribution in [0.1, 0.15) is 10.4 Å². The van der Waals surface area contributed by atoms with Crippen LogP contribution in [0, 0.1) is 0 Å². The minimum absolute atomic E-state index is 0.0324. The standard InChI is InChI=1S/C22H23N5O3/c23-22(13-30-14-22)21(29)27-11-9-26(10-12-27)20(28)16-7-5-15(6-8-16)19-17-3-1-2-4-18(17)24-25-19/h1-8H,9-14,23H2,(H,24,25). The van der Waals surface area contributed by atoms with Crippen molar-refractivity contribution in [2.24, 2.45) is 5.73 Å². The number of nitrogens with one attached hydrogen (secondary N) is 1. The van der Waals surface area contributed by atoms with Crippen LogP contribution in [-0.2, 0) is 9.53 Å². The zero-order chi connectivity index (χ0) is 20.7. The highest BCUT2D eigenvalue weighted by Gasteiger charge is 2.45. The van der Waals surface area contributed by atoms with Crippen LogP contribution in [-0.4, -0.2) is 76.7 Å². The Balaban J connectivity index is 1.25. The molecule has 2 saturated heterocycles. The van der Waals surface area contributed by atoms with E-state index < -0.39 is 5.54 Å². The van der Waals surface area contributed by atoms with Crippen LogP contribution in [0.25, 0.3) is 22.2 Å². The smallest absolute Gasteiger partial charge is 0.253 e. The molecule has 3 N–H and O–H groups in total. The number of hydrogen-bond donors (Lipinski definition) is 2. The molecule has 0 bridgehead atoms. The number of H-pyrrole nitrogens is 1. The van der Waals surface area contributed by atoms with Crippen LogP contribution in [0.4, 0.5) is 0 Å². The van der Waals surface area contributed by atoms with Crippen LogP contribution in [0.3, 0.4) is 0 Å². The monoisotopic (exact) mass is 405 g/mol. The first-order chi connectivity index (χ1) is 14.5. The molecule has 1 aromatic heterocycles. The summed E-state index contributed by atoms with van der Waals surface area (Å²) >= 11 is 0. The number of aromatic amines is 1. The van der Waals surface area contributed by atoms with E-state index in [-0.39, 0.29) is 25.0 Å². The van der Waals surface area contributed by atoms with E-state index in [1.165, 1.54) is 0 Å². The summed E-state index contributed by atoms with van der Waals surface area (Å²) in [5.41, 5.74) is 8.58. The van der Waals surface area contributed by atoms with E-state index in [4.69, 9.17) is 10.5 Å². The molecule has 2 aliphatic heterocycles. The van der Waals surface area contributed by atoms with Crippen molar-refractivity contribution in [1.29, 1.82) is 0 Å². The number of amides is 2. The third-order valence-electron chi connectivity index (χ3n) is 5.87. The molecule has 0 aliphatic carbocycles. The van der Waals surface area contributed by atoms with Gasteiger partial charge in [0.05, 0.1) is 24.4 Å². The van der Waals surface area contributed by atoms with Crippen molar-refractivity contribution < 1.29 is 14.3 Å². The number of piperazine rings is 1. The summed E-state index contributed by atoms with van der Waals surface area (Å²) in [5, 5.41) is 8.49. The Labute approximate surface area is 173 Å². The number of para-hydroxylation sites is 1. The van der Waals surface area contributed by atoms with Gasteiger partial charge in [-0.2, -0.15) is 5.10 Å². The van der Waals surface area contributed by atoms with Gasteiger partial charge >= 0.3 is 0 Å². The van der Waals surface area contributed by atoms with E-state index in [2.05, 4.69) is 10.2 Å². The second kappa shape index (κ2) is 7.23. The van der Waals surface area contributed by atoms with Crippen molar-refractivity contribution in [3.05, 3.63) is 54.1 Å². The first-order valence-electron chi connectivity index (χ1n) is 10.0. The maximum Gasteiger partial charge on any atom is 0.253 e. The van der Waals surface area contributed by atoms with Crippen molar-refractivity contribution in [2.75, 3.05) is 39.4 Å². The lowest BCUT2D eigenvalue weighted by molar-refractivity contribution is -0.155. The van der Waals surface area contributed by atoms with Gasteiger partial charge in [0.15, 0.2) is 0 Å². The van der Waals surface area contributed by atoms with Gasteiger partial charge in [0.1, 0.15) is 5.54 Å². The topological polar surface area (TPSA) is 105 Å². The lowest BCUT2D eigenvalue weighted by Gasteiger charge is -2.43. The molecule has 0 spiro atoms. The predicted molar refractivity (Wildman–Crippen MR) is 112 cm³/mol. The number of carbonyl (C=O) groups excluding carboxylic acids is 2. The summed E-state index contributed by atoms with van der Waals surface area (Å²) in [4.78, 5) is 28.9. The van der Waals surface area contributed by atoms with Gasteiger partial charge in [-0.3, -0.25) is 14.7 Å². The highest BCUT2D eigenvalue weighted by atomic mass is 16.5. The number of nitrogens with zero attached hydrogens (tertiary/aromatic N) is 3. The molecule has 2 aliphatic rings. The van der Waals surface area contributed by atoms with E-state index in [9.17, 15) is 9.59 Å². The molecule has 30 heavy (non-hydrogen) atoms. The van der Waals surface area contributed by atoms with Gasteiger partial charge in [-0.1, -0.05) is 30.3 Å². The van der Waals surface area contributed by atoms with Gasteiger partial charge < -0.3 is 20.3 Å². The van der Waals surface area contributed by atoms with E-state index in [1.807, 2.05) is 48.5 Å². The molecule has 3 aromatic rings. The Morgan fingerprint density at radius 1 is 0.967 bits per heavy atom. The number of ether oxygens (including phenoxy) is 1. The molecule has 0 atom stereocenters. The maximum absolute atomic E-state index is 12.9. The highest BCUT2D eigenvalue weighted by Crippen LogP contribution is 2.26. The van der Waals surface area contributed by atoms with Crippen molar-refractivity contribution in [2.45, 2.75) is 5.54 Å². The zero-order valence-electron chi connectivity index (χ0n) is 16.5. The third-order valence-corrected chi connectivity index (χ3v) is 5.87. The van der Waals surface area contributed by atoms with Gasteiger partial charge in [0, 0.05) is 42.7 Å². The van der Waals surface area contributed by atoms with Crippen LogP contribution < -0.4 is 5.73 Å². The number of nitrogens with two attached hydrogens (primary N) is 1. The fourth-order valence-electron chi connectivity index (χ4n) is 4.01. The number of hydrogen-bond acceptors (Lipinski definition) is 5. The molecular weight excluding hydrogens is 382 g/mol.